The number of fused-ring (bicyclic) bond motifs is 1. The average molecular weight is 348 g/mol. The van der Waals surface area contributed by atoms with E-state index in [1.807, 2.05) is 0 Å². The molecule has 2 aromatic heterocycles. The van der Waals surface area contributed by atoms with E-state index < -0.39 is 11.8 Å². The lowest BCUT2D eigenvalue weighted by Crippen LogP contribution is -2.26. The Morgan fingerprint density at radius 2 is 2.09 bits per heavy atom. The number of rotatable bonds is 3. The number of primary amides is 1. The van der Waals surface area contributed by atoms with Crippen LogP contribution >= 0.6 is 22.9 Å². The van der Waals surface area contributed by atoms with Gasteiger partial charge in [-0.3, -0.25) is 9.59 Å². The Morgan fingerprint density at radius 1 is 1.26 bits per heavy atom. The molecule has 0 unspecified atom stereocenters. The maximum Gasteiger partial charge on any atom is 0.281 e. The number of benzene rings is 1. The van der Waals surface area contributed by atoms with Gasteiger partial charge < -0.3 is 10.2 Å². The zero-order chi connectivity index (χ0) is 16.4. The van der Waals surface area contributed by atoms with E-state index in [1.54, 1.807) is 35.7 Å². The van der Waals surface area contributed by atoms with Crippen LogP contribution in [0.2, 0.25) is 5.02 Å². The van der Waals surface area contributed by atoms with Gasteiger partial charge in [0, 0.05) is 10.4 Å². The van der Waals surface area contributed by atoms with Crippen molar-refractivity contribution in [3.8, 4) is 0 Å². The van der Waals surface area contributed by atoms with Crippen LogP contribution in [0.5, 0.6) is 0 Å². The summed E-state index contributed by atoms with van der Waals surface area (Å²) in [6.45, 7) is 0. The van der Waals surface area contributed by atoms with Crippen LogP contribution in [0, 0.1) is 0 Å². The third kappa shape index (κ3) is 3.25. The average Bonchev–Trinajstić information content (AvgIpc) is 3.06. The molecule has 0 saturated heterocycles. The number of carbonyl (C=O) groups excluding carboxylic acids is 2. The molecule has 0 bridgehead atoms. The molecule has 116 valence electrons. The molecule has 0 atom stereocenters. The lowest BCUT2D eigenvalue weighted by molar-refractivity contribution is 0.0950. The highest BCUT2D eigenvalue weighted by atomic mass is 35.5. The highest BCUT2D eigenvalue weighted by molar-refractivity contribution is 7.12. The van der Waals surface area contributed by atoms with Gasteiger partial charge >= 0.3 is 0 Å². The Morgan fingerprint density at radius 3 is 2.78 bits per heavy atom. The molecular weight excluding hydrogens is 338 g/mol. The van der Waals surface area contributed by atoms with Crippen molar-refractivity contribution in [2.45, 2.75) is 0 Å². The van der Waals surface area contributed by atoms with Crippen LogP contribution in [-0.2, 0) is 0 Å². The maximum atomic E-state index is 11.9. The number of thiophene rings is 1. The quantitative estimate of drug-likeness (QED) is 0.712. The summed E-state index contributed by atoms with van der Waals surface area (Å²) in [5.74, 6) is -1.12. The third-order valence-electron chi connectivity index (χ3n) is 2.98. The lowest BCUT2D eigenvalue weighted by Gasteiger charge is -2.02. The van der Waals surface area contributed by atoms with Crippen molar-refractivity contribution in [3.63, 3.8) is 0 Å². The number of nitrogens with one attached hydrogen (secondary N) is 1. The molecule has 2 amide bonds. The normalized spacial score (nSPS) is 11.6. The molecule has 3 aromatic rings. The van der Waals surface area contributed by atoms with Gasteiger partial charge in [0.2, 0.25) is 5.55 Å². The molecule has 0 aliphatic carbocycles. The van der Waals surface area contributed by atoms with Crippen LogP contribution < -0.4 is 16.7 Å². The van der Waals surface area contributed by atoms with E-state index >= 15 is 0 Å². The minimum absolute atomic E-state index is 0.0475. The first kappa shape index (κ1) is 15.3. The minimum atomic E-state index is -0.722. The number of nitrogens with zero attached hydrogens (tertiary/aromatic N) is 1. The number of hydrogen-bond donors (Lipinski definition) is 2. The molecule has 3 N–H and O–H groups in total. The monoisotopic (exact) mass is 347 g/mol. The Labute approximate surface area is 139 Å². The van der Waals surface area contributed by atoms with E-state index in [1.165, 1.54) is 17.4 Å². The van der Waals surface area contributed by atoms with Gasteiger partial charge in [-0.25, -0.2) is 5.43 Å². The molecule has 2 heterocycles. The van der Waals surface area contributed by atoms with Crippen LogP contribution in [0.15, 0.2) is 51.3 Å². The van der Waals surface area contributed by atoms with Crippen LogP contribution in [0.4, 0.5) is 0 Å². The van der Waals surface area contributed by atoms with Crippen LogP contribution in [0.1, 0.15) is 20.0 Å². The summed E-state index contributed by atoms with van der Waals surface area (Å²) >= 11 is 7.18. The van der Waals surface area contributed by atoms with Crippen molar-refractivity contribution in [2.75, 3.05) is 0 Å². The Hall–Kier alpha value is -2.64. The van der Waals surface area contributed by atoms with E-state index in [2.05, 4.69) is 10.5 Å². The van der Waals surface area contributed by atoms with Crippen molar-refractivity contribution < 1.29 is 14.0 Å². The van der Waals surface area contributed by atoms with E-state index in [0.717, 1.165) is 0 Å². The van der Waals surface area contributed by atoms with E-state index in [9.17, 15) is 9.59 Å². The predicted molar refractivity (Wildman–Crippen MR) is 87.1 cm³/mol. The molecule has 0 saturated carbocycles. The highest BCUT2D eigenvalue weighted by Gasteiger charge is 2.11. The second-order valence-electron chi connectivity index (χ2n) is 4.54. The van der Waals surface area contributed by atoms with E-state index in [4.69, 9.17) is 21.8 Å². The summed E-state index contributed by atoms with van der Waals surface area (Å²) < 4.78 is 5.54. The lowest BCUT2D eigenvalue weighted by atomic mass is 10.2. The van der Waals surface area contributed by atoms with Crippen molar-refractivity contribution in [2.24, 2.45) is 10.8 Å². The molecule has 3 rings (SSSR count). The SMILES string of the molecule is NC(=O)c1cc2cc(Cl)ccc2o/c1=N\NC(=O)c1cccs1. The molecule has 0 spiro atoms. The fourth-order valence-electron chi connectivity index (χ4n) is 1.93. The predicted octanol–water partition coefficient (Wildman–Crippen LogP) is 2.49. The number of hydrogen-bond acceptors (Lipinski definition) is 5. The summed E-state index contributed by atoms with van der Waals surface area (Å²) in [6.07, 6.45) is 0. The number of carbonyl (C=O) groups is 2. The number of amides is 2. The van der Waals surface area contributed by atoms with Gasteiger partial charge in [0.05, 0.1) is 4.88 Å². The first-order valence-electron chi connectivity index (χ1n) is 6.45. The molecule has 23 heavy (non-hydrogen) atoms. The van der Waals surface area contributed by atoms with Gasteiger partial charge in [0.25, 0.3) is 11.8 Å². The van der Waals surface area contributed by atoms with Gasteiger partial charge in [-0.05, 0) is 35.7 Å². The largest absolute Gasteiger partial charge is 0.436 e. The zero-order valence-electron chi connectivity index (χ0n) is 11.6. The minimum Gasteiger partial charge on any atom is -0.436 e. The second kappa shape index (κ2) is 6.23. The Bertz CT molecular complexity index is 964. The van der Waals surface area contributed by atoms with Crippen molar-refractivity contribution in [3.05, 3.63) is 62.8 Å². The van der Waals surface area contributed by atoms with Gasteiger partial charge in [-0.2, -0.15) is 0 Å². The van der Waals surface area contributed by atoms with Crippen molar-refractivity contribution in [1.29, 1.82) is 0 Å². The third-order valence-corrected chi connectivity index (χ3v) is 4.08. The molecule has 8 heteroatoms. The second-order valence-corrected chi connectivity index (χ2v) is 5.93. The molecule has 0 aliphatic rings. The topological polar surface area (TPSA) is 97.7 Å². The van der Waals surface area contributed by atoms with E-state index in [-0.39, 0.29) is 11.1 Å². The molecule has 0 fully saturated rings. The van der Waals surface area contributed by atoms with Gasteiger partial charge in [-0.15, -0.1) is 16.4 Å². The zero-order valence-corrected chi connectivity index (χ0v) is 13.1. The van der Waals surface area contributed by atoms with Gasteiger partial charge in [0.1, 0.15) is 11.1 Å². The summed E-state index contributed by atoms with van der Waals surface area (Å²) in [4.78, 5) is 24.0. The Kier molecular flexibility index (Phi) is 4.14. The number of halogens is 1. The van der Waals surface area contributed by atoms with Crippen LogP contribution in [0.3, 0.4) is 0 Å². The summed E-state index contributed by atoms with van der Waals surface area (Å²) in [7, 11) is 0. The smallest absolute Gasteiger partial charge is 0.281 e. The number of nitrogens with two attached hydrogens (primary N) is 1. The maximum absolute atomic E-state index is 11.9. The first-order valence-corrected chi connectivity index (χ1v) is 7.71. The summed E-state index contributed by atoms with van der Waals surface area (Å²) in [5, 5.41) is 6.74. The standard InChI is InChI=1S/C15H10ClN3O3S/c16-9-3-4-11-8(6-9)7-10(13(17)20)15(22-11)19-18-14(21)12-2-1-5-23-12/h1-7H,(H2,17,20)(H,18,21)/b19-15-. The first-order chi connectivity index (χ1) is 11.0. The van der Waals surface area contributed by atoms with Crippen molar-refractivity contribution in [1.82, 2.24) is 5.43 Å². The summed E-state index contributed by atoms with van der Waals surface area (Å²) in [6, 6.07) is 9.85. The highest BCUT2D eigenvalue weighted by Crippen LogP contribution is 2.18. The molecule has 0 radical (unpaired) electrons. The Balaban J connectivity index is 2.06. The molecule has 0 aliphatic heterocycles. The fraction of sp³-hybridized carbons (Fsp3) is 0. The molecule has 6 nitrogen and oxygen atoms in total. The fourth-order valence-corrected chi connectivity index (χ4v) is 2.72. The van der Waals surface area contributed by atoms with E-state index in [0.29, 0.717) is 20.9 Å². The summed E-state index contributed by atoms with van der Waals surface area (Å²) in [5.41, 5.74) is 8.12. The van der Waals surface area contributed by atoms with Crippen LogP contribution in [0.25, 0.3) is 11.0 Å². The molecule has 1 aromatic carbocycles. The van der Waals surface area contributed by atoms with Gasteiger partial charge in [-0.1, -0.05) is 17.7 Å². The van der Waals surface area contributed by atoms with Gasteiger partial charge in [0.15, 0.2) is 0 Å². The van der Waals surface area contributed by atoms with Crippen molar-refractivity contribution >= 4 is 45.7 Å². The van der Waals surface area contributed by atoms with Crippen LogP contribution in [-0.4, -0.2) is 11.8 Å². The molecular formula is C15H10ClN3O3S.